The Morgan fingerprint density at radius 2 is 2.44 bits per heavy atom. The van der Waals surface area contributed by atoms with Crippen LogP contribution < -0.4 is 5.32 Å². The van der Waals surface area contributed by atoms with Crippen LogP contribution in [0.5, 0.6) is 0 Å². The molecule has 0 spiro atoms. The third-order valence-corrected chi connectivity index (χ3v) is 1.23. The third kappa shape index (κ3) is 5.79. The Hall–Kier alpha value is -0.0900. The summed E-state index contributed by atoms with van der Waals surface area (Å²) in [6.07, 6.45) is -0.465. The van der Waals surface area contributed by atoms with E-state index in [0.717, 1.165) is 0 Å². The molecule has 0 rings (SSSR count). The lowest BCUT2D eigenvalue weighted by Gasteiger charge is -2.03. The summed E-state index contributed by atoms with van der Waals surface area (Å²) in [7, 11) is 0. The summed E-state index contributed by atoms with van der Waals surface area (Å²) in [6, 6.07) is 0. The maximum absolute atomic E-state index is 10.4. The molecule has 0 aliphatic heterocycles. The van der Waals surface area contributed by atoms with E-state index in [9.17, 15) is 4.79 Å². The number of amides is 1. The van der Waals surface area contributed by atoms with Crippen LogP contribution in [0.1, 0.15) is 6.92 Å². The van der Waals surface area contributed by atoms with Crippen LogP contribution in [0.25, 0.3) is 0 Å². The fourth-order valence-corrected chi connectivity index (χ4v) is 0.507. The first kappa shape index (κ1) is 8.91. The molecular formula is C5H10BrNO2. The first-order valence-electron chi connectivity index (χ1n) is 2.67. The number of hydrogen-bond donors (Lipinski definition) is 2. The number of carbonyl (C=O) groups is 1. The summed E-state index contributed by atoms with van der Waals surface area (Å²) in [4.78, 5) is 10.4. The second kappa shape index (κ2) is 4.76. The Bertz CT molecular complexity index is 95.0. The van der Waals surface area contributed by atoms with Gasteiger partial charge in [-0.25, -0.2) is 0 Å². The molecule has 0 aliphatic rings. The van der Waals surface area contributed by atoms with Crippen molar-refractivity contribution in [3.63, 3.8) is 0 Å². The predicted molar refractivity (Wildman–Crippen MR) is 38.5 cm³/mol. The molecule has 0 saturated carbocycles. The minimum atomic E-state index is -0.465. The molecule has 0 radical (unpaired) electrons. The highest BCUT2D eigenvalue weighted by atomic mass is 79.9. The number of rotatable bonds is 3. The highest BCUT2D eigenvalue weighted by Gasteiger charge is 1.98. The molecule has 0 fully saturated rings. The van der Waals surface area contributed by atoms with Crippen molar-refractivity contribution in [3.05, 3.63) is 0 Å². The smallest absolute Gasteiger partial charge is 0.230 e. The number of nitrogens with one attached hydrogen (secondary N) is 1. The number of alkyl halides is 1. The number of hydrogen-bond acceptors (Lipinski definition) is 2. The molecule has 9 heavy (non-hydrogen) atoms. The molecule has 54 valence electrons. The molecule has 0 aromatic heterocycles. The zero-order valence-corrected chi connectivity index (χ0v) is 6.81. The van der Waals surface area contributed by atoms with Gasteiger partial charge in [0.15, 0.2) is 0 Å². The standard InChI is InChI=1S/C5H10BrNO2/c1-4(8)3-7-5(9)2-6/h4,8H,2-3H2,1H3,(H,7,9)/t4-/m0/s1. The van der Waals surface area contributed by atoms with Crippen LogP contribution in [0, 0.1) is 0 Å². The molecule has 0 unspecified atom stereocenters. The Labute approximate surface area is 62.6 Å². The second-order valence-corrected chi connectivity index (χ2v) is 2.35. The first-order valence-corrected chi connectivity index (χ1v) is 3.79. The van der Waals surface area contributed by atoms with Gasteiger partial charge in [-0.1, -0.05) is 15.9 Å². The average Bonchev–Trinajstić information content (AvgIpc) is 1.83. The van der Waals surface area contributed by atoms with Gasteiger partial charge >= 0.3 is 0 Å². The zero-order valence-electron chi connectivity index (χ0n) is 5.22. The molecule has 1 atom stereocenters. The maximum Gasteiger partial charge on any atom is 0.230 e. The second-order valence-electron chi connectivity index (χ2n) is 1.79. The lowest BCUT2D eigenvalue weighted by Crippen LogP contribution is -2.31. The van der Waals surface area contributed by atoms with Gasteiger partial charge in [-0.15, -0.1) is 0 Å². The van der Waals surface area contributed by atoms with Crippen molar-refractivity contribution in [1.82, 2.24) is 5.32 Å². The van der Waals surface area contributed by atoms with Gasteiger partial charge in [0.05, 0.1) is 11.4 Å². The molecule has 0 aromatic rings. The lowest BCUT2D eigenvalue weighted by molar-refractivity contribution is -0.118. The fraction of sp³-hybridized carbons (Fsp3) is 0.800. The molecule has 3 nitrogen and oxygen atoms in total. The van der Waals surface area contributed by atoms with Crippen LogP contribution in [0.3, 0.4) is 0 Å². The van der Waals surface area contributed by atoms with E-state index in [-0.39, 0.29) is 5.91 Å². The highest BCUT2D eigenvalue weighted by molar-refractivity contribution is 9.09. The minimum absolute atomic E-state index is 0.101. The average molecular weight is 196 g/mol. The summed E-state index contributed by atoms with van der Waals surface area (Å²) < 4.78 is 0. The van der Waals surface area contributed by atoms with Crippen molar-refractivity contribution in [2.24, 2.45) is 0 Å². The molecule has 0 aliphatic carbocycles. The SMILES string of the molecule is C[C@H](O)CNC(=O)CBr. The molecule has 0 saturated heterocycles. The van der Waals surface area contributed by atoms with E-state index < -0.39 is 6.10 Å². The Morgan fingerprint density at radius 3 is 2.78 bits per heavy atom. The van der Waals surface area contributed by atoms with Gasteiger partial charge in [0.1, 0.15) is 0 Å². The maximum atomic E-state index is 10.4. The topological polar surface area (TPSA) is 49.3 Å². The predicted octanol–water partition coefficient (Wildman–Crippen LogP) is -0.122. The summed E-state index contributed by atoms with van der Waals surface area (Å²) >= 11 is 2.97. The lowest BCUT2D eigenvalue weighted by atomic mass is 10.4. The Kier molecular flexibility index (Phi) is 4.71. The zero-order chi connectivity index (χ0) is 7.28. The first-order chi connectivity index (χ1) is 4.16. The summed E-state index contributed by atoms with van der Waals surface area (Å²) in [5.74, 6) is -0.101. The van der Waals surface area contributed by atoms with Gasteiger partial charge in [-0.2, -0.15) is 0 Å². The Morgan fingerprint density at radius 1 is 1.89 bits per heavy atom. The normalized spacial score (nSPS) is 12.8. The van der Waals surface area contributed by atoms with Crippen molar-refractivity contribution in [1.29, 1.82) is 0 Å². The van der Waals surface area contributed by atoms with Gasteiger partial charge in [0.2, 0.25) is 5.91 Å². The van der Waals surface area contributed by atoms with Crippen LogP contribution in [-0.2, 0) is 4.79 Å². The fourth-order valence-electron chi connectivity index (χ4n) is 0.309. The largest absolute Gasteiger partial charge is 0.392 e. The van der Waals surface area contributed by atoms with E-state index in [0.29, 0.717) is 11.9 Å². The number of aliphatic hydroxyl groups is 1. The van der Waals surface area contributed by atoms with Crippen LogP contribution in [0.15, 0.2) is 0 Å². The molecule has 0 bridgehead atoms. The van der Waals surface area contributed by atoms with E-state index in [1.165, 1.54) is 0 Å². The van der Waals surface area contributed by atoms with Crippen LogP contribution >= 0.6 is 15.9 Å². The van der Waals surface area contributed by atoms with Gasteiger partial charge in [0, 0.05) is 6.54 Å². The molecule has 2 N–H and O–H groups in total. The Balaban J connectivity index is 3.17. The van der Waals surface area contributed by atoms with Crippen molar-refractivity contribution in [3.8, 4) is 0 Å². The monoisotopic (exact) mass is 195 g/mol. The number of halogens is 1. The number of aliphatic hydroxyl groups excluding tert-OH is 1. The van der Waals surface area contributed by atoms with Crippen molar-refractivity contribution in [2.75, 3.05) is 11.9 Å². The molecule has 0 heterocycles. The van der Waals surface area contributed by atoms with Crippen molar-refractivity contribution < 1.29 is 9.90 Å². The van der Waals surface area contributed by atoms with Crippen LogP contribution in [0.2, 0.25) is 0 Å². The van der Waals surface area contributed by atoms with E-state index in [2.05, 4.69) is 21.2 Å². The summed E-state index contributed by atoms with van der Waals surface area (Å²) in [5, 5.41) is 11.5. The third-order valence-electron chi connectivity index (χ3n) is 0.716. The quantitative estimate of drug-likeness (QED) is 0.618. The van der Waals surface area contributed by atoms with Gasteiger partial charge in [-0.3, -0.25) is 4.79 Å². The molecule has 0 aromatic carbocycles. The summed E-state index contributed by atoms with van der Waals surface area (Å²) in [5.41, 5.74) is 0. The van der Waals surface area contributed by atoms with Crippen molar-refractivity contribution in [2.45, 2.75) is 13.0 Å². The molecular weight excluding hydrogens is 186 g/mol. The van der Waals surface area contributed by atoms with E-state index in [1.54, 1.807) is 6.92 Å². The summed E-state index contributed by atoms with van der Waals surface area (Å²) in [6.45, 7) is 1.94. The van der Waals surface area contributed by atoms with Gasteiger partial charge in [0.25, 0.3) is 0 Å². The number of carbonyl (C=O) groups excluding carboxylic acids is 1. The van der Waals surface area contributed by atoms with E-state index in [1.807, 2.05) is 0 Å². The molecule has 1 amide bonds. The van der Waals surface area contributed by atoms with Crippen LogP contribution in [0.4, 0.5) is 0 Å². The molecule has 4 heteroatoms. The van der Waals surface area contributed by atoms with Gasteiger partial charge < -0.3 is 10.4 Å². The van der Waals surface area contributed by atoms with Gasteiger partial charge in [-0.05, 0) is 6.92 Å². The highest BCUT2D eigenvalue weighted by Crippen LogP contribution is 1.79. The minimum Gasteiger partial charge on any atom is -0.392 e. The van der Waals surface area contributed by atoms with E-state index >= 15 is 0 Å². The van der Waals surface area contributed by atoms with Crippen LogP contribution in [-0.4, -0.2) is 29.0 Å². The van der Waals surface area contributed by atoms with Crippen molar-refractivity contribution >= 4 is 21.8 Å². The van der Waals surface area contributed by atoms with E-state index in [4.69, 9.17) is 5.11 Å².